The SMILES string of the molecule is CC(=O)c1ccc2c(c1)N(CC(=O)Nc1ccccc1)C(=O)C(C)(C)O2. The summed E-state index contributed by atoms with van der Waals surface area (Å²) in [7, 11) is 0. The lowest BCUT2D eigenvalue weighted by atomic mass is 10.0. The molecule has 0 aliphatic carbocycles. The predicted octanol–water partition coefficient (Wildman–Crippen LogP) is 3.03. The molecule has 0 saturated heterocycles. The Morgan fingerprint density at radius 1 is 1.12 bits per heavy atom. The van der Waals surface area contributed by atoms with Crippen LogP contribution in [0.2, 0.25) is 0 Å². The van der Waals surface area contributed by atoms with Crippen LogP contribution in [-0.4, -0.2) is 29.7 Å². The molecule has 0 atom stereocenters. The highest BCUT2D eigenvalue weighted by atomic mass is 16.5. The topological polar surface area (TPSA) is 75.7 Å². The summed E-state index contributed by atoms with van der Waals surface area (Å²) in [5.74, 6) is -0.332. The number of ether oxygens (including phenoxy) is 1. The molecule has 0 unspecified atom stereocenters. The maximum absolute atomic E-state index is 12.8. The van der Waals surface area contributed by atoms with E-state index in [0.717, 1.165) is 0 Å². The van der Waals surface area contributed by atoms with Gasteiger partial charge in [0.05, 0.1) is 5.69 Å². The quantitative estimate of drug-likeness (QED) is 0.858. The van der Waals surface area contributed by atoms with Gasteiger partial charge >= 0.3 is 0 Å². The van der Waals surface area contributed by atoms with Crippen molar-refractivity contribution < 1.29 is 19.1 Å². The van der Waals surface area contributed by atoms with Crippen LogP contribution in [0.4, 0.5) is 11.4 Å². The van der Waals surface area contributed by atoms with Crippen LogP contribution in [0.1, 0.15) is 31.1 Å². The molecule has 6 nitrogen and oxygen atoms in total. The number of Topliss-reactive ketones (excluding diaryl/α,β-unsaturated/α-hetero) is 1. The summed E-state index contributed by atoms with van der Waals surface area (Å²) in [6.07, 6.45) is 0. The molecule has 0 radical (unpaired) electrons. The molecule has 26 heavy (non-hydrogen) atoms. The summed E-state index contributed by atoms with van der Waals surface area (Å²) >= 11 is 0. The number of carbonyl (C=O) groups is 3. The van der Waals surface area contributed by atoms with Gasteiger partial charge in [-0.2, -0.15) is 0 Å². The second-order valence-electron chi connectivity index (χ2n) is 6.66. The number of nitrogens with zero attached hydrogens (tertiary/aromatic N) is 1. The van der Waals surface area contributed by atoms with E-state index < -0.39 is 5.60 Å². The van der Waals surface area contributed by atoms with Gasteiger partial charge in [-0.05, 0) is 51.1 Å². The molecule has 1 N–H and O–H groups in total. The number of rotatable bonds is 4. The van der Waals surface area contributed by atoms with Crippen LogP contribution in [0.25, 0.3) is 0 Å². The Kier molecular flexibility index (Phi) is 4.50. The zero-order chi connectivity index (χ0) is 18.9. The van der Waals surface area contributed by atoms with Gasteiger partial charge in [0, 0.05) is 11.3 Å². The van der Waals surface area contributed by atoms with Crippen molar-refractivity contribution in [2.75, 3.05) is 16.8 Å². The van der Waals surface area contributed by atoms with E-state index in [-0.39, 0.29) is 24.1 Å². The smallest absolute Gasteiger partial charge is 0.271 e. The standard InChI is InChI=1S/C20H20N2O4/c1-13(23)14-9-10-17-16(11-14)22(19(25)20(2,3)26-17)12-18(24)21-15-7-5-4-6-8-15/h4-11H,12H2,1-3H3,(H,21,24). The molecule has 0 spiro atoms. The molecule has 0 fully saturated rings. The summed E-state index contributed by atoms with van der Waals surface area (Å²) < 4.78 is 5.76. The number of hydrogen-bond acceptors (Lipinski definition) is 4. The molecular weight excluding hydrogens is 332 g/mol. The maximum atomic E-state index is 12.8. The van der Waals surface area contributed by atoms with Crippen molar-refractivity contribution in [2.45, 2.75) is 26.4 Å². The van der Waals surface area contributed by atoms with Crippen molar-refractivity contribution in [1.82, 2.24) is 0 Å². The molecule has 2 aromatic rings. The Hall–Kier alpha value is -3.15. The predicted molar refractivity (Wildman–Crippen MR) is 98.6 cm³/mol. The van der Waals surface area contributed by atoms with Crippen LogP contribution in [0.5, 0.6) is 5.75 Å². The van der Waals surface area contributed by atoms with E-state index in [9.17, 15) is 14.4 Å². The van der Waals surface area contributed by atoms with Gasteiger partial charge in [-0.1, -0.05) is 18.2 Å². The van der Waals surface area contributed by atoms with Crippen molar-refractivity contribution in [3.05, 3.63) is 54.1 Å². The minimum Gasteiger partial charge on any atom is -0.476 e. The van der Waals surface area contributed by atoms with Crippen LogP contribution >= 0.6 is 0 Å². The molecular formula is C20H20N2O4. The van der Waals surface area contributed by atoms with E-state index in [1.54, 1.807) is 44.2 Å². The maximum Gasteiger partial charge on any atom is 0.271 e. The van der Waals surface area contributed by atoms with E-state index in [4.69, 9.17) is 4.74 Å². The minimum absolute atomic E-state index is 0.126. The summed E-state index contributed by atoms with van der Waals surface area (Å²) in [4.78, 5) is 38.3. The lowest BCUT2D eigenvalue weighted by Crippen LogP contribution is -2.54. The number of fused-ring (bicyclic) bond motifs is 1. The van der Waals surface area contributed by atoms with Crippen molar-refractivity contribution in [3.63, 3.8) is 0 Å². The Balaban J connectivity index is 1.91. The molecule has 2 amide bonds. The fourth-order valence-corrected chi connectivity index (χ4v) is 2.81. The number of nitrogens with one attached hydrogen (secondary N) is 1. The molecule has 1 heterocycles. The third kappa shape index (κ3) is 3.44. The first kappa shape index (κ1) is 17.7. The normalized spacial score (nSPS) is 15.0. The molecule has 3 rings (SSSR count). The van der Waals surface area contributed by atoms with Crippen LogP contribution in [-0.2, 0) is 9.59 Å². The van der Waals surface area contributed by atoms with Crippen molar-refractivity contribution >= 4 is 29.0 Å². The second kappa shape index (κ2) is 6.63. The minimum atomic E-state index is -1.10. The van der Waals surface area contributed by atoms with Crippen LogP contribution in [0.15, 0.2) is 48.5 Å². The molecule has 134 valence electrons. The molecule has 6 heteroatoms. The monoisotopic (exact) mass is 352 g/mol. The molecule has 1 aliphatic rings. The summed E-state index contributed by atoms with van der Waals surface area (Å²) in [6, 6.07) is 13.9. The largest absolute Gasteiger partial charge is 0.476 e. The van der Waals surface area contributed by atoms with Gasteiger partial charge in [-0.25, -0.2) is 0 Å². The van der Waals surface area contributed by atoms with Gasteiger partial charge in [0.2, 0.25) is 5.91 Å². The summed E-state index contributed by atoms with van der Waals surface area (Å²) in [5, 5.41) is 2.76. The highest BCUT2D eigenvalue weighted by molar-refractivity contribution is 6.08. The van der Waals surface area contributed by atoms with Crippen molar-refractivity contribution in [1.29, 1.82) is 0 Å². The number of carbonyl (C=O) groups excluding carboxylic acids is 3. The van der Waals surface area contributed by atoms with Gasteiger partial charge in [-0.15, -0.1) is 0 Å². The van der Waals surface area contributed by atoms with E-state index in [0.29, 0.717) is 22.7 Å². The van der Waals surface area contributed by atoms with E-state index in [2.05, 4.69) is 5.32 Å². The van der Waals surface area contributed by atoms with Gasteiger partial charge in [0.1, 0.15) is 12.3 Å². The molecule has 0 bridgehead atoms. The lowest BCUT2D eigenvalue weighted by Gasteiger charge is -2.38. The van der Waals surface area contributed by atoms with Crippen LogP contribution in [0.3, 0.4) is 0 Å². The first-order valence-electron chi connectivity index (χ1n) is 8.29. The van der Waals surface area contributed by atoms with Crippen LogP contribution in [0, 0.1) is 0 Å². The van der Waals surface area contributed by atoms with Gasteiger partial charge in [0.25, 0.3) is 5.91 Å². The number of ketones is 1. The number of amides is 2. The van der Waals surface area contributed by atoms with E-state index >= 15 is 0 Å². The van der Waals surface area contributed by atoms with Crippen LogP contribution < -0.4 is 15.0 Å². The first-order valence-corrected chi connectivity index (χ1v) is 8.29. The first-order chi connectivity index (χ1) is 12.3. The second-order valence-corrected chi connectivity index (χ2v) is 6.66. The van der Waals surface area contributed by atoms with E-state index in [1.807, 2.05) is 18.2 Å². The van der Waals surface area contributed by atoms with Gasteiger partial charge < -0.3 is 10.1 Å². The third-order valence-electron chi connectivity index (χ3n) is 4.14. The average molecular weight is 352 g/mol. The molecule has 1 aliphatic heterocycles. The lowest BCUT2D eigenvalue weighted by molar-refractivity contribution is -0.133. The Bertz CT molecular complexity index is 875. The zero-order valence-electron chi connectivity index (χ0n) is 14.9. The van der Waals surface area contributed by atoms with Gasteiger partial charge in [0.15, 0.2) is 11.4 Å². The number of hydrogen-bond donors (Lipinski definition) is 1. The number of anilines is 2. The van der Waals surface area contributed by atoms with Gasteiger partial charge in [-0.3, -0.25) is 19.3 Å². The number of para-hydroxylation sites is 1. The fraction of sp³-hybridized carbons (Fsp3) is 0.250. The Morgan fingerprint density at radius 3 is 2.46 bits per heavy atom. The fourth-order valence-electron chi connectivity index (χ4n) is 2.81. The molecule has 0 saturated carbocycles. The summed E-state index contributed by atoms with van der Waals surface area (Å²) in [5.41, 5.74) is 0.423. The van der Waals surface area contributed by atoms with Crippen molar-refractivity contribution in [3.8, 4) is 5.75 Å². The molecule has 0 aromatic heterocycles. The van der Waals surface area contributed by atoms with Crippen molar-refractivity contribution in [2.24, 2.45) is 0 Å². The third-order valence-corrected chi connectivity index (χ3v) is 4.14. The average Bonchev–Trinajstić information content (AvgIpc) is 2.59. The Labute approximate surface area is 151 Å². The Morgan fingerprint density at radius 2 is 1.81 bits per heavy atom. The van der Waals surface area contributed by atoms with E-state index in [1.165, 1.54) is 11.8 Å². The number of benzene rings is 2. The zero-order valence-corrected chi connectivity index (χ0v) is 14.9. The highest BCUT2D eigenvalue weighted by Gasteiger charge is 2.41. The highest BCUT2D eigenvalue weighted by Crippen LogP contribution is 2.38. The molecule has 2 aromatic carbocycles. The summed E-state index contributed by atoms with van der Waals surface area (Å²) in [6.45, 7) is 4.58.